The van der Waals surface area contributed by atoms with E-state index < -0.39 is 0 Å². The highest BCUT2D eigenvalue weighted by molar-refractivity contribution is 5.94. The fourth-order valence-electron chi connectivity index (χ4n) is 8.85. The Morgan fingerprint density at radius 2 is 1.29 bits per heavy atom. The smallest absolute Gasteiger partial charge is 0.179 e. The maximum absolute atomic E-state index is 11.7. The van der Waals surface area contributed by atoms with Crippen molar-refractivity contribution in [3.05, 3.63) is 74.0 Å². The van der Waals surface area contributed by atoms with Crippen molar-refractivity contribution in [3.8, 4) is 0 Å². The lowest BCUT2D eigenvalue weighted by Crippen LogP contribution is -2.43. The topological polar surface area (TPSA) is 80.5 Å². The number of nitrogens with one attached hydrogen (secondary N) is 5. The Morgan fingerprint density at radius 1 is 0.710 bits per heavy atom. The molecule has 0 saturated carbocycles. The predicted molar refractivity (Wildman–Crippen MR) is 278 cm³/mol. The average Bonchev–Trinajstić information content (AvgIpc) is 3.69. The molecular weight excluding hydrogens is 761 g/mol. The van der Waals surface area contributed by atoms with Crippen molar-refractivity contribution in [2.24, 2.45) is 17.3 Å². The third kappa shape index (κ3) is 28.7. The lowest BCUT2D eigenvalue weighted by Gasteiger charge is -2.38. The second kappa shape index (κ2) is 37.4. The molecule has 1 fully saturated rings. The molecule has 362 valence electrons. The summed E-state index contributed by atoms with van der Waals surface area (Å²) in [4.78, 5) is 14.3. The Kier molecular flexibility index (Phi) is 36.9. The normalized spacial score (nSPS) is 16.5. The third-order valence-corrected chi connectivity index (χ3v) is 12.3. The van der Waals surface area contributed by atoms with Crippen molar-refractivity contribution in [2.45, 2.75) is 229 Å². The minimum Gasteiger partial charge on any atom is -0.389 e. The molecule has 0 aromatic heterocycles. The van der Waals surface area contributed by atoms with Gasteiger partial charge in [0.15, 0.2) is 5.78 Å². The maximum Gasteiger partial charge on any atom is 0.179 e. The summed E-state index contributed by atoms with van der Waals surface area (Å²) < 4.78 is 0. The van der Waals surface area contributed by atoms with Gasteiger partial charge in [0.05, 0.1) is 17.6 Å². The number of likely N-dealkylation sites (tertiary alicyclic amines) is 1. The Morgan fingerprint density at radius 3 is 1.79 bits per heavy atom. The van der Waals surface area contributed by atoms with Gasteiger partial charge in [0, 0.05) is 62.0 Å². The first-order valence-corrected chi connectivity index (χ1v) is 25.4. The fourth-order valence-corrected chi connectivity index (χ4v) is 8.85. The summed E-state index contributed by atoms with van der Waals surface area (Å²) in [5.74, 6) is 2.45. The predicted octanol–water partition coefficient (Wildman–Crippen LogP) is 13.9. The van der Waals surface area contributed by atoms with Crippen molar-refractivity contribution < 1.29 is 4.79 Å². The standard InChI is InChI=1S/C37H71N3.C13H24N2O.C5H11N/c1-12-16-18-19-21-25-33(28-30(7)40-27-26-34(37(9,10)11)36(40)29(5)6)38-31(8)39-35(23-15-4)32(22-14-3)24-20-17-13-2;1-5-7-8-12(14-4)10-13(16)11(3)15-9-6-2;1-4-6-5(2)3/h32-36,38-39H,5,7-8,12-28H2,1-4,6,9-11H3;6,12,14-15H,2-3,5,7-10H2,1,4H3;6H,2,4H2,1,3H3/t32?,33?,34-,35?,36?;;/m0../s1. The fraction of sp³-hybridized carbons (Fsp3) is 0.764. The van der Waals surface area contributed by atoms with Gasteiger partial charge in [-0.15, -0.1) is 6.58 Å². The minimum atomic E-state index is 0.0808. The van der Waals surface area contributed by atoms with Crippen LogP contribution in [-0.4, -0.2) is 61.5 Å². The molecule has 0 bridgehead atoms. The molecule has 0 aromatic rings. The van der Waals surface area contributed by atoms with Gasteiger partial charge in [-0.2, -0.15) is 0 Å². The van der Waals surface area contributed by atoms with E-state index in [0.717, 1.165) is 56.2 Å². The first-order valence-electron chi connectivity index (χ1n) is 25.4. The van der Waals surface area contributed by atoms with Crippen LogP contribution in [0.2, 0.25) is 0 Å². The molecule has 1 aliphatic rings. The summed E-state index contributed by atoms with van der Waals surface area (Å²) in [5, 5.41) is 16.9. The minimum absolute atomic E-state index is 0.0808. The van der Waals surface area contributed by atoms with Crippen LogP contribution in [0.5, 0.6) is 0 Å². The number of carbonyl (C=O) groups excluding carboxylic acids is 1. The van der Waals surface area contributed by atoms with Gasteiger partial charge >= 0.3 is 0 Å². The molecule has 0 amide bonds. The molecule has 1 saturated heterocycles. The van der Waals surface area contributed by atoms with Gasteiger partial charge in [-0.25, -0.2) is 0 Å². The number of allylic oxidation sites excluding steroid dienone is 2. The summed E-state index contributed by atoms with van der Waals surface area (Å²) in [6.45, 7) is 52.0. The highest BCUT2D eigenvalue weighted by atomic mass is 16.1. The third-order valence-electron chi connectivity index (χ3n) is 12.3. The Balaban J connectivity index is 0. The zero-order chi connectivity index (χ0) is 47.5. The van der Waals surface area contributed by atoms with Gasteiger partial charge in [-0.3, -0.25) is 4.79 Å². The van der Waals surface area contributed by atoms with Crippen LogP contribution < -0.4 is 26.6 Å². The summed E-state index contributed by atoms with van der Waals surface area (Å²) in [6.07, 6.45) is 25.8. The monoisotopic (exact) mass is 867 g/mol. The molecule has 1 rings (SSSR count). The van der Waals surface area contributed by atoms with E-state index in [0.29, 0.717) is 42.7 Å². The summed E-state index contributed by atoms with van der Waals surface area (Å²) in [7, 11) is 1.90. The van der Waals surface area contributed by atoms with Crippen LogP contribution in [0.1, 0.15) is 205 Å². The van der Waals surface area contributed by atoms with E-state index >= 15 is 0 Å². The first-order chi connectivity index (χ1) is 29.4. The molecule has 1 aliphatic heterocycles. The number of hydrogen-bond donors (Lipinski definition) is 5. The molecule has 7 heteroatoms. The summed E-state index contributed by atoms with van der Waals surface area (Å²) in [6, 6.07) is 1.52. The Hall–Kier alpha value is -2.93. The lowest BCUT2D eigenvalue weighted by molar-refractivity contribution is -0.116. The number of Topliss-reactive ketones (excluding diaryl/α,β-unsaturated/α-hetero) is 1. The molecule has 5 N–H and O–H groups in total. The van der Waals surface area contributed by atoms with Gasteiger partial charge in [0.2, 0.25) is 0 Å². The van der Waals surface area contributed by atoms with Crippen molar-refractivity contribution in [1.82, 2.24) is 31.5 Å². The second-order valence-corrected chi connectivity index (χ2v) is 19.3. The van der Waals surface area contributed by atoms with E-state index in [4.69, 9.17) is 0 Å². The zero-order valence-corrected chi connectivity index (χ0v) is 43.4. The Labute approximate surface area is 387 Å². The van der Waals surface area contributed by atoms with Gasteiger partial charge in [0.25, 0.3) is 0 Å². The molecule has 0 aromatic carbocycles. The van der Waals surface area contributed by atoms with Crippen LogP contribution in [-0.2, 0) is 4.79 Å². The van der Waals surface area contributed by atoms with Crippen LogP contribution >= 0.6 is 0 Å². The van der Waals surface area contributed by atoms with Gasteiger partial charge in [-0.1, -0.05) is 177 Å². The average molecular weight is 867 g/mol. The van der Waals surface area contributed by atoms with E-state index in [1.165, 1.54) is 108 Å². The highest BCUT2D eigenvalue weighted by Crippen LogP contribution is 2.43. The number of nitrogens with zero attached hydrogens (tertiary/aromatic N) is 1. The first kappa shape index (κ1) is 61.2. The quantitative estimate of drug-likeness (QED) is 0.0247. The molecule has 1 heterocycles. The van der Waals surface area contributed by atoms with E-state index in [-0.39, 0.29) is 17.2 Å². The molecule has 7 nitrogen and oxygen atoms in total. The summed E-state index contributed by atoms with van der Waals surface area (Å²) in [5.41, 5.74) is 4.34. The van der Waals surface area contributed by atoms with Crippen molar-refractivity contribution >= 4 is 5.78 Å². The molecule has 0 spiro atoms. The van der Waals surface area contributed by atoms with Gasteiger partial charge in [-0.05, 0) is 83.6 Å². The van der Waals surface area contributed by atoms with Crippen molar-refractivity contribution in [3.63, 3.8) is 0 Å². The van der Waals surface area contributed by atoms with Crippen molar-refractivity contribution in [2.75, 3.05) is 26.7 Å². The number of hydrogen-bond acceptors (Lipinski definition) is 7. The molecule has 6 atom stereocenters. The number of ketones is 1. The maximum atomic E-state index is 11.7. The molecule has 5 unspecified atom stereocenters. The van der Waals surface area contributed by atoms with E-state index in [9.17, 15) is 4.79 Å². The molecular formula is C55H106N6O. The number of carbonyl (C=O) groups is 1. The lowest BCUT2D eigenvalue weighted by atomic mass is 9.74. The summed E-state index contributed by atoms with van der Waals surface area (Å²) >= 11 is 0. The second-order valence-electron chi connectivity index (χ2n) is 19.3. The largest absolute Gasteiger partial charge is 0.389 e. The van der Waals surface area contributed by atoms with Crippen LogP contribution in [0.3, 0.4) is 0 Å². The van der Waals surface area contributed by atoms with Crippen LogP contribution in [0.25, 0.3) is 0 Å². The van der Waals surface area contributed by atoms with Crippen LogP contribution in [0.4, 0.5) is 0 Å². The Bertz CT molecular complexity index is 1230. The molecule has 0 radical (unpaired) electrons. The van der Waals surface area contributed by atoms with Crippen LogP contribution in [0, 0.1) is 17.3 Å². The van der Waals surface area contributed by atoms with Crippen LogP contribution in [0.15, 0.2) is 74.0 Å². The molecule has 62 heavy (non-hydrogen) atoms. The van der Waals surface area contributed by atoms with E-state index in [1.807, 2.05) is 14.0 Å². The van der Waals surface area contributed by atoms with Gasteiger partial charge < -0.3 is 31.5 Å². The molecule has 0 aliphatic carbocycles. The van der Waals surface area contributed by atoms with Crippen molar-refractivity contribution in [1.29, 1.82) is 0 Å². The van der Waals surface area contributed by atoms with E-state index in [1.54, 1.807) is 6.08 Å². The number of unbranched alkanes of at least 4 members (excludes halogenated alkanes) is 7. The highest BCUT2D eigenvalue weighted by Gasteiger charge is 2.41. The zero-order valence-electron chi connectivity index (χ0n) is 43.4. The van der Waals surface area contributed by atoms with Gasteiger partial charge in [0.1, 0.15) is 0 Å². The number of rotatable bonds is 35. The SMILES string of the molecule is C=C(C)NCC.C=C(NC(CCCCCCC)CC(=C)N1CC[C@H](C(C)(C)C)C1C(=C)C)NC(CCC)C(CCC)CCCCC.C=CCNC(=C)C(=O)CC(CCCC)NC. The van der Waals surface area contributed by atoms with E-state index in [2.05, 4.69) is 140 Å².